The van der Waals surface area contributed by atoms with Gasteiger partial charge in [-0.05, 0) is 25.3 Å². The largest absolute Gasteiger partial charge is 0.404 e. The normalized spacial score (nSPS) is 30.2. The molecule has 4 rings (SSSR count). The summed E-state index contributed by atoms with van der Waals surface area (Å²) in [5.74, 6) is -1.71. The molecule has 0 radical (unpaired) electrons. The molecule has 178 valence electrons. The lowest BCUT2D eigenvalue weighted by atomic mass is 9.89. The highest BCUT2D eigenvalue weighted by Crippen LogP contribution is 2.37. The maximum atomic E-state index is 15.5. The van der Waals surface area contributed by atoms with E-state index in [-0.39, 0.29) is 17.0 Å². The second-order valence-corrected chi connectivity index (χ2v) is 8.57. The van der Waals surface area contributed by atoms with Gasteiger partial charge in [0.2, 0.25) is 0 Å². The molecule has 1 saturated heterocycles. The number of aromatic nitrogens is 2. The Labute approximate surface area is 176 Å². The number of fused-ring (bicyclic) bond motifs is 1. The number of nitrogens with two attached hydrogens (primary N) is 1. The number of likely N-dealkylation sites (tertiary alicyclic amines) is 1. The van der Waals surface area contributed by atoms with Crippen LogP contribution < -0.4 is 27.6 Å². The Morgan fingerprint density at radius 2 is 1.75 bits per heavy atom. The van der Waals surface area contributed by atoms with Gasteiger partial charge in [-0.1, -0.05) is 0 Å². The van der Waals surface area contributed by atoms with Gasteiger partial charge in [0, 0.05) is 30.6 Å². The topological polar surface area (TPSA) is 84.1 Å². The predicted molar refractivity (Wildman–Crippen MR) is 100 cm³/mol. The summed E-state index contributed by atoms with van der Waals surface area (Å²) in [5.41, 5.74) is 2.00. The van der Waals surface area contributed by atoms with Crippen LogP contribution in [0.3, 0.4) is 0 Å². The van der Waals surface area contributed by atoms with Gasteiger partial charge in [0.15, 0.2) is 0 Å². The fourth-order valence-electron chi connectivity index (χ4n) is 4.87. The minimum absolute atomic E-state index is 0.0143. The average molecular weight is 470 g/mol. The molecule has 1 aromatic rings. The van der Waals surface area contributed by atoms with Crippen LogP contribution in [0.15, 0.2) is 9.59 Å². The molecule has 0 spiro atoms. The molecule has 2 aliphatic carbocycles. The Hall–Kier alpha value is -2.15. The van der Waals surface area contributed by atoms with Gasteiger partial charge in [-0.2, -0.15) is 13.2 Å². The van der Waals surface area contributed by atoms with Crippen LogP contribution in [0, 0.1) is 5.92 Å². The molecule has 5 atom stereocenters. The molecule has 3 aliphatic rings. The number of nitrogens with one attached hydrogen (secondary N) is 1. The Bertz CT molecular complexity index is 1150. The lowest BCUT2D eigenvalue weighted by molar-refractivity contribution is -0.161. The monoisotopic (exact) mass is 470 g/mol. The van der Waals surface area contributed by atoms with Crippen LogP contribution in [-0.4, -0.2) is 64.6 Å². The molecule has 3 N–H and O–H groups in total. The smallest absolute Gasteiger partial charge is 0.320 e. The second-order valence-electron chi connectivity index (χ2n) is 8.57. The van der Waals surface area contributed by atoms with E-state index in [9.17, 15) is 35.9 Å². The quantitative estimate of drug-likeness (QED) is 0.622. The first-order valence-electron chi connectivity index (χ1n) is 10.1. The van der Waals surface area contributed by atoms with Gasteiger partial charge < -0.3 is 5.73 Å². The minimum atomic E-state index is -4.89. The van der Waals surface area contributed by atoms with Crippen molar-refractivity contribution < 1.29 is 30.7 Å². The van der Waals surface area contributed by atoms with Crippen molar-refractivity contribution in [2.24, 2.45) is 11.7 Å². The number of hydrogen-bond acceptors (Lipinski definition) is 4. The lowest BCUT2D eigenvalue weighted by Crippen LogP contribution is -2.62. The summed E-state index contributed by atoms with van der Waals surface area (Å²) in [6.07, 6.45) is -11.8. The summed E-state index contributed by atoms with van der Waals surface area (Å²) in [4.78, 5) is 27.8. The van der Waals surface area contributed by atoms with Crippen LogP contribution in [0.2, 0.25) is 0 Å². The van der Waals surface area contributed by atoms with Crippen molar-refractivity contribution >= 4 is 11.1 Å². The summed E-state index contributed by atoms with van der Waals surface area (Å²) < 4.78 is 98.0. The molecule has 6 nitrogen and oxygen atoms in total. The van der Waals surface area contributed by atoms with Crippen LogP contribution in [0.5, 0.6) is 0 Å². The van der Waals surface area contributed by atoms with Crippen molar-refractivity contribution in [1.29, 1.82) is 0 Å². The van der Waals surface area contributed by atoms with E-state index < -0.39 is 78.1 Å². The zero-order valence-corrected chi connectivity index (χ0v) is 16.8. The number of rotatable bonds is 4. The number of alkyl halides is 7. The zero-order chi connectivity index (χ0) is 23.7. The minimum Gasteiger partial charge on any atom is -0.320 e. The molecule has 1 aliphatic heterocycles. The maximum Gasteiger partial charge on any atom is 0.404 e. The van der Waals surface area contributed by atoms with Crippen LogP contribution in [0.4, 0.5) is 30.7 Å². The van der Waals surface area contributed by atoms with Crippen LogP contribution >= 0.6 is 0 Å². The first kappa shape index (κ1) is 23.0. The Morgan fingerprint density at radius 3 is 2.28 bits per heavy atom. The third kappa shape index (κ3) is 3.58. The standard InChI is InChI=1S/C19H21F7N4O2/c1-6-13-11(17(31)28-18(32)30(13)7-2-3-7)10(16(22)23)12(21)14(6)29-4-8(9(20)5-29)15(27)19(24,25)26/h7-9,12,14-16H,2-5,27H2,1H3,(H,28,31,32). The molecule has 13 heteroatoms. The summed E-state index contributed by atoms with van der Waals surface area (Å²) in [7, 11) is 0. The average Bonchev–Trinajstić information content (AvgIpc) is 3.43. The molecular weight excluding hydrogens is 449 g/mol. The predicted octanol–water partition coefficient (Wildman–Crippen LogP) is 0.338. The lowest BCUT2D eigenvalue weighted by Gasteiger charge is -2.35. The first-order valence-corrected chi connectivity index (χ1v) is 10.1. The fourth-order valence-corrected chi connectivity index (χ4v) is 4.87. The third-order valence-electron chi connectivity index (χ3n) is 6.52. The van der Waals surface area contributed by atoms with Crippen molar-refractivity contribution in [3.05, 3.63) is 31.4 Å². The van der Waals surface area contributed by atoms with Crippen LogP contribution in [0.1, 0.15) is 25.8 Å². The molecular formula is C19H21F7N4O2. The van der Waals surface area contributed by atoms with Gasteiger partial charge >= 0.3 is 11.9 Å². The molecule has 5 unspecified atom stereocenters. The van der Waals surface area contributed by atoms with E-state index in [2.05, 4.69) is 0 Å². The summed E-state index contributed by atoms with van der Waals surface area (Å²) in [5, 5.41) is -0.818. The molecule has 0 aromatic carbocycles. The zero-order valence-electron chi connectivity index (χ0n) is 16.8. The van der Waals surface area contributed by atoms with Gasteiger partial charge in [-0.3, -0.25) is 19.2 Å². The fraction of sp³-hybridized carbons (Fsp3) is 0.684. The van der Waals surface area contributed by atoms with Gasteiger partial charge in [0.05, 0.1) is 16.6 Å². The van der Waals surface area contributed by atoms with E-state index in [1.165, 1.54) is 6.92 Å². The van der Waals surface area contributed by atoms with Crippen LogP contribution in [-0.2, 0) is 0 Å². The van der Waals surface area contributed by atoms with Crippen LogP contribution in [0.25, 0.3) is 11.1 Å². The van der Waals surface area contributed by atoms with Crippen molar-refractivity contribution in [2.75, 3.05) is 13.1 Å². The second kappa shape index (κ2) is 7.72. The Balaban J connectivity index is 1.90. The SMILES string of the molecule is CC1=c2c(c(=O)[nH]c(=O)n2C2CC2)=C(C(F)F)C(F)C1N1CC(F)C(C(N)C(F)(F)F)C1. The van der Waals surface area contributed by atoms with Gasteiger partial charge in [0.25, 0.3) is 12.0 Å². The summed E-state index contributed by atoms with van der Waals surface area (Å²) in [6.45, 7) is 0.0485. The molecule has 0 bridgehead atoms. The molecule has 2 fully saturated rings. The molecule has 1 saturated carbocycles. The maximum absolute atomic E-state index is 15.5. The van der Waals surface area contributed by atoms with Gasteiger partial charge in [-0.25, -0.2) is 22.4 Å². The first-order chi connectivity index (χ1) is 14.8. The highest BCUT2D eigenvalue weighted by atomic mass is 19.4. The number of aromatic amines is 1. The van der Waals surface area contributed by atoms with Crippen molar-refractivity contribution in [1.82, 2.24) is 14.5 Å². The van der Waals surface area contributed by atoms with E-state index >= 15 is 4.39 Å². The number of nitrogens with zero attached hydrogens (tertiary/aromatic N) is 2. The van der Waals surface area contributed by atoms with Gasteiger partial charge in [0.1, 0.15) is 18.4 Å². The number of halogens is 7. The molecule has 0 amide bonds. The van der Waals surface area contributed by atoms with Crippen molar-refractivity contribution in [2.45, 2.75) is 62.8 Å². The Morgan fingerprint density at radius 1 is 1.12 bits per heavy atom. The van der Waals surface area contributed by atoms with Crippen molar-refractivity contribution in [3.63, 3.8) is 0 Å². The van der Waals surface area contributed by atoms with E-state index in [0.29, 0.717) is 12.8 Å². The van der Waals surface area contributed by atoms with Gasteiger partial charge in [-0.15, -0.1) is 0 Å². The van der Waals surface area contributed by atoms with E-state index in [4.69, 9.17) is 5.73 Å². The summed E-state index contributed by atoms with van der Waals surface area (Å²) in [6, 6.07) is -4.46. The van der Waals surface area contributed by atoms with E-state index in [0.717, 1.165) is 9.47 Å². The number of hydrogen-bond donors (Lipinski definition) is 2. The molecule has 1 aromatic heterocycles. The van der Waals surface area contributed by atoms with Crippen molar-refractivity contribution in [3.8, 4) is 0 Å². The highest BCUT2D eigenvalue weighted by Gasteiger charge is 2.52. The highest BCUT2D eigenvalue weighted by molar-refractivity contribution is 5.65. The summed E-state index contributed by atoms with van der Waals surface area (Å²) >= 11 is 0. The number of H-pyrrole nitrogens is 1. The molecule has 32 heavy (non-hydrogen) atoms. The third-order valence-corrected chi connectivity index (χ3v) is 6.52. The van der Waals surface area contributed by atoms with E-state index in [1.807, 2.05) is 4.98 Å². The molecule has 2 heterocycles. The Kier molecular flexibility index (Phi) is 5.55. The van der Waals surface area contributed by atoms with E-state index in [1.54, 1.807) is 0 Å².